The zero-order chi connectivity index (χ0) is 43.7. The highest BCUT2D eigenvalue weighted by Crippen LogP contribution is 2.56. The van der Waals surface area contributed by atoms with Gasteiger partial charge in [0.1, 0.15) is 36.3 Å². The summed E-state index contributed by atoms with van der Waals surface area (Å²) in [4.78, 5) is 96.9. The van der Waals surface area contributed by atoms with Crippen molar-refractivity contribution in [2.24, 2.45) is 5.41 Å². The molecule has 326 valence electrons. The topological polar surface area (TPSA) is 375 Å². The van der Waals surface area contributed by atoms with Gasteiger partial charge in [0, 0.05) is 36.3 Å². The number of nitrogens with one attached hydrogen (secondary N) is 2. The average molecular weight is 900 g/mol. The first kappa shape index (κ1) is 49.4. The molecule has 2 aromatic heterocycles. The summed E-state index contributed by atoms with van der Waals surface area (Å²) in [6.45, 7) is 6.72. The Kier molecular flexibility index (Phi) is 17.5. The van der Waals surface area contributed by atoms with Gasteiger partial charge in [-0.2, -0.15) is 0 Å². The summed E-state index contributed by atoms with van der Waals surface area (Å²) in [6, 6.07) is 0. The number of aliphatic hydroxyl groups is 2. The minimum absolute atomic E-state index is 0.0333. The van der Waals surface area contributed by atoms with Crippen LogP contribution in [0.3, 0.4) is 0 Å². The lowest BCUT2D eigenvalue weighted by Crippen LogP contribution is -2.46. The highest BCUT2D eigenvalue weighted by molar-refractivity contribution is 8.14. The maximum Gasteiger partial charge on any atom is 0.274 e. The first-order valence-electron chi connectivity index (χ1n) is 17.2. The molecule has 28 heteroatoms. The van der Waals surface area contributed by atoms with Gasteiger partial charge in [-0.25, -0.2) is 19.3 Å². The summed E-state index contributed by atoms with van der Waals surface area (Å²) in [6.07, 6.45) is -1.58. The SMILES string of the molecule is C=C/C=C(\CCC)C(=O)SCCNC(=O)CCNC(=O)C(O)C(C)(C)COP(=O)([O-])OP(=O)([O-])OCC1OC(C)(n2cnc3c(N)ncnc32)C(O)C1OP(=O)([O-])[O-]. The fourth-order valence-electron chi connectivity index (χ4n) is 5.32. The predicted molar refractivity (Wildman–Crippen MR) is 196 cm³/mol. The molecule has 24 nitrogen and oxygen atoms in total. The Hall–Kier alpha value is -2.96. The first-order chi connectivity index (χ1) is 26.9. The zero-order valence-corrected chi connectivity index (χ0v) is 35.1. The number of aromatic nitrogens is 4. The lowest BCUT2D eigenvalue weighted by molar-refractivity contribution is -0.347. The number of carbonyl (C=O) groups is 3. The molecule has 1 saturated heterocycles. The summed E-state index contributed by atoms with van der Waals surface area (Å²) >= 11 is 1.03. The standard InChI is InChI=1S/C30H48N7O17P3S/c1-6-8-18(9-7-2)28(42)58-13-12-32-20(38)10-11-33-27(41)24(40)29(3,4)15-51-57(48,49)54-56(46,47)50-14-19-22(53-55(43,44)45)23(39)30(5,52-19)37-17-36-21-25(31)34-16-35-26(21)37/h6,8,16-17,19,22-24,39-40H,1,7,9-15H2,2-5H3,(H,32,38)(H,33,41)(H,46,47)(H,48,49)(H2,31,34,35)(H2,43,44,45)/p-4/b18-8+. The van der Waals surface area contributed by atoms with Crippen molar-refractivity contribution in [3.63, 3.8) is 0 Å². The Labute approximate surface area is 336 Å². The van der Waals surface area contributed by atoms with Crippen LogP contribution in [0.4, 0.5) is 5.82 Å². The number of phosphoric ester groups is 3. The van der Waals surface area contributed by atoms with Crippen molar-refractivity contribution >= 4 is 69.1 Å². The second-order valence-electron chi connectivity index (χ2n) is 13.4. The van der Waals surface area contributed by atoms with Crippen LogP contribution in [0.15, 0.2) is 37.0 Å². The van der Waals surface area contributed by atoms with Crippen molar-refractivity contribution < 1.29 is 80.5 Å². The van der Waals surface area contributed by atoms with Crippen molar-refractivity contribution in [1.29, 1.82) is 0 Å². The van der Waals surface area contributed by atoms with Crippen LogP contribution >= 0.6 is 35.2 Å². The maximum absolute atomic E-state index is 12.6. The Morgan fingerprint density at radius 3 is 2.43 bits per heavy atom. The molecule has 3 heterocycles. The van der Waals surface area contributed by atoms with Crippen LogP contribution in [0.2, 0.25) is 0 Å². The number of carbonyl (C=O) groups excluding carboxylic acids is 3. The molecule has 0 saturated carbocycles. The number of fused-ring (bicyclic) bond motifs is 1. The molecular weight excluding hydrogens is 855 g/mol. The van der Waals surface area contributed by atoms with E-state index in [1.807, 2.05) is 6.92 Å². The van der Waals surface area contributed by atoms with E-state index in [4.69, 9.17) is 10.5 Å². The van der Waals surface area contributed by atoms with Gasteiger partial charge in [-0.05, 0) is 13.3 Å². The normalized spacial score (nSPS) is 22.9. The smallest absolute Gasteiger partial charge is 0.274 e. The Balaban J connectivity index is 1.51. The number of allylic oxidation sites excluding steroid dienone is 2. The molecule has 0 aliphatic carbocycles. The highest BCUT2D eigenvalue weighted by Gasteiger charge is 2.55. The van der Waals surface area contributed by atoms with Crippen LogP contribution in [0, 0.1) is 5.41 Å². The van der Waals surface area contributed by atoms with Gasteiger partial charge in [0.05, 0.1) is 27.4 Å². The van der Waals surface area contributed by atoms with Crippen molar-refractivity contribution in [2.45, 2.75) is 77.1 Å². The third-order valence-electron chi connectivity index (χ3n) is 8.30. The number of anilines is 1. The van der Waals surface area contributed by atoms with Crippen molar-refractivity contribution in [1.82, 2.24) is 30.2 Å². The number of phosphoric acid groups is 3. The number of nitrogens with two attached hydrogens (primary N) is 1. The number of imidazole rings is 1. The fraction of sp³-hybridized carbons (Fsp3) is 0.600. The maximum atomic E-state index is 12.6. The third kappa shape index (κ3) is 13.8. The monoisotopic (exact) mass is 899 g/mol. The van der Waals surface area contributed by atoms with E-state index in [1.54, 1.807) is 6.08 Å². The third-order valence-corrected chi connectivity index (χ3v) is 12.2. The minimum Gasteiger partial charge on any atom is -0.790 e. The zero-order valence-electron chi connectivity index (χ0n) is 31.6. The molecule has 1 fully saturated rings. The number of aliphatic hydroxyl groups excluding tert-OH is 2. The Bertz CT molecular complexity index is 1980. The Morgan fingerprint density at radius 2 is 1.79 bits per heavy atom. The van der Waals surface area contributed by atoms with Crippen LogP contribution in [0.25, 0.3) is 11.2 Å². The second-order valence-corrected chi connectivity index (χ2v) is 18.5. The predicted octanol–water partition coefficient (Wildman–Crippen LogP) is -1.78. The van der Waals surface area contributed by atoms with E-state index in [1.165, 1.54) is 26.8 Å². The number of hydrogen-bond donors (Lipinski definition) is 5. The lowest BCUT2D eigenvalue weighted by Gasteiger charge is -2.36. The molecule has 0 spiro atoms. The van der Waals surface area contributed by atoms with E-state index < -0.39 is 84.1 Å². The molecule has 6 N–H and O–H groups in total. The van der Waals surface area contributed by atoms with Gasteiger partial charge in [0.2, 0.25) is 16.9 Å². The summed E-state index contributed by atoms with van der Waals surface area (Å²) < 4.78 is 61.1. The number of rotatable bonds is 23. The molecule has 2 aromatic rings. The van der Waals surface area contributed by atoms with E-state index in [0.717, 1.165) is 35.4 Å². The number of ether oxygens (including phenoxy) is 1. The molecule has 0 bridgehead atoms. The summed E-state index contributed by atoms with van der Waals surface area (Å²) in [5, 5.41) is 26.4. The molecule has 7 unspecified atom stereocenters. The minimum atomic E-state index is -5.94. The van der Waals surface area contributed by atoms with Crippen LogP contribution in [-0.2, 0) is 56.4 Å². The lowest BCUT2D eigenvalue weighted by atomic mass is 9.87. The van der Waals surface area contributed by atoms with Crippen molar-refractivity contribution in [3.8, 4) is 0 Å². The number of hydrogen-bond acceptors (Lipinski definition) is 22. The largest absolute Gasteiger partial charge is 0.790 e. The molecule has 0 aromatic carbocycles. The van der Waals surface area contributed by atoms with E-state index in [2.05, 4.69) is 50.0 Å². The van der Waals surface area contributed by atoms with Gasteiger partial charge < -0.3 is 69.0 Å². The highest BCUT2D eigenvalue weighted by atomic mass is 32.2. The number of amides is 2. The summed E-state index contributed by atoms with van der Waals surface area (Å²) in [5.74, 6) is -1.28. The number of nitrogen functional groups attached to an aromatic ring is 1. The molecule has 2 amide bonds. The van der Waals surface area contributed by atoms with Gasteiger partial charge in [-0.1, -0.05) is 57.7 Å². The van der Waals surface area contributed by atoms with E-state index in [9.17, 15) is 57.9 Å². The van der Waals surface area contributed by atoms with Crippen molar-refractivity contribution in [2.75, 3.05) is 37.8 Å². The summed E-state index contributed by atoms with van der Waals surface area (Å²) in [7, 11) is -17.7. The molecule has 0 radical (unpaired) electrons. The summed E-state index contributed by atoms with van der Waals surface area (Å²) in [5.41, 5.74) is 2.62. The van der Waals surface area contributed by atoms with Crippen LogP contribution in [0.5, 0.6) is 0 Å². The molecular formula is C30H44N7O17P3S-4. The molecule has 1 aliphatic rings. The van der Waals surface area contributed by atoms with Crippen LogP contribution < -0.4 is 35.9 Å². The van der Waals surface area contributed by atoms with Gasteiger partial charge in [-0.15, -0.1) is 0 Å². The Morgan fingerprint density at radius 1 is 1.12 bits per heavy atom. The van der Waals surface area contributed by atoms with Crippen LogP contribution in [-0.4, -0.2) is 103 Å². The van der Waals surface area contributed by atoms with E-state index in [-0.39, 0.29) is 41.6 Å². The van der Waals surface area contributed by atoms with E-state index in [0.29, 0.717) is 17.7 Å². The van der Waals surface area contributed by atoms with Crippen molar-refractivity contribution in [3.05, 3.63) is 37.0 Å². The van der Waals surface area contributed by atoms with Gasteiger partial charge in [0.15, 0.2) is 17.2 Å². The fourth-order valence-corrected chi connectivity index (χ4v) is 8.79. The first-order valence-corrected chi connectivity index (χ1v) is 22.6. The number of nitrogens with zero attached hydrogens (tertiary/aromatic N) is 4. The average Bonchev–Trinajstić information content (AvgIpc) is 3.67. The van der Waals surface area contributed by atoms with Crippen LogP contribution in [0.1, 0.15) is 47.0 Å². The number of thioether (sulfide) groups is 1. The van der Waals surface area contributed by atoms with Gasteiger partial charge in [0.25, 0.3) is 15.6 Å². The molecule has 1 aliphatic heterocycles. The van der Waals surface area contributed by atoms with E-state index >= 15 is 0 Å². The molecule has 58 heavy (non-hydrogen) atoms. The second kappa shape index (κ2) is 20.5. The molecule has 7 atom stereocenters. The van der Waals surface area contributed by atoms with Gasteiger partial charge >= 0.3 is 0 Å². The van der Waals surface area contributed by atoms with Gasteiger partial charge in [-0.3, -0.25) is 28.1 Å². The molecule has 3 rings (SSSR count). The quantitative estimate of drug-likeness (QED) is 0.0356.